The lowest BCUT2D eigenvalue weighted by atomic mass is 10.2. The molecule has 2 heterocycles. The minimum atomic E-state index is -0.459. The fraction of sp³-hybridized carbons (Fsp3) is 0.176. The Morgan fingerprint density at radius 2 is 2.13 bits per heavy atom. The Bertz CT molecular complexity index is 814. The average Bonchev–Trinajstić information content (AvgIpc) is 3.18. The van der Waals surface area contributed by atoms with Gasteiger partial charge in [0.1, 0.15) is 23.2 Å². The molecule has 0 saturated heterocycles. The summed E-state index contributed by atoms with van der Waals surface area (Å²) < 4.78 is 15.9. The van der Waals surface area contributed by atoms with E-state index in [4.69, 9.17) is 19.2 Å². The highest BCUT2D eigenvalue weighted by Gasteiger charge is 2.14. The minimum absolute atomic E-state index is 0.0138. The van der Waals surface area contributed by atoms with Crippen LogP contribution in [0.15, 0.2) is 40.3 Å². The lowest BCUT2D eigenvalue weighted by molar-refractivity contribution is -0.117. The summed E-state index contributed by atoms with van der Waals surface area (Å²) in [7, 11) is 0. The first-order chi connectivity index (χ1) is 11.2. The number of hydrogen-bond acceptors (Lipinski definition) is 5. The van der Waals surface area contributed by atoms with Crippen LogP contribution in [0.2, 0.25) is 0 Å². The quantitative estimate of drug-likeness (QED) is 0.693. The number of hydrogen-bond donors (Lipinski definition) is 1. The molecule has 0 unspecified atom stereocenters. The largest absolute Gasteiger partial charge is 0.462 e. The van der Waals surface area contributed by atoms with Crippen molar-refractivity contribution < 1.29 is 18.7 Å². The molecule has 0 bridgehead atoms. The minimum Gasteiger partial charge on any atom is -0.462 e. The van der Waals surface area contributed by atoms with Gasteiger partial charge in [0.2, 0.25) is 6.79 Å². The highest BCUT2D eigenvalue weighted by atomic mass is 16.7. The topological polar surface area (TPSA) is 84.5 Å². The van der Waals surface area contributed by atoms with Crippen LogP contribution in [-0.4, -0.2) is 12.7 Å². The average molecular weight is 310 g/mol. The van der Waals surface area contributed by atoms with Crippen LogP contribution in [0, 0.1) is 18.3 Å². The van der Waals surface area contributed by atoms with E-state index in [0.29, 0.717) is 23.0 Å². The van der Waals surface area contributed by atoms with Gasteiger partial charge in [0.25, 0.3) is 5.91 Å². The summed E-state index contributed by atoms with van der Waals surface area (Å²) in [4.78, 5) is 12.1. The van der Waals surface area contributed by atoms with E-state index in [2.05, 4.69) is 5.32 Å². The molecule has 1 aromatic heterocycles. The number of nitrogens with one attached hydrogen (secondary N) is 1. The number of amides is 1. The predicted molar refractivity (Wildman–Crippen MR) is 81.4 cm³/mol. The molecule has 3 rings (SSSR count). The van der Waals surface area contributed by atoms with Crippen molar-refractivity contribution in [1.29, 1.82) is 5.26 Å². The number of nitriles is 1. The molecule has 1 amide bonds. The molecule has 6 nitrogen and oxygen atoms in total. The molecule has 116 valence electrons. The van der Waals surface area contributed by atoms with Crippen molar-refractivity contribution in [2.24, 2.45) is 0 Å². The number of ether oxygens (including phenoxy) is 2. The molecule has 1 aliphatic rings. The summed E-state index contributed by atoms with van der Waals surface area (Å²) in [6.07, 6.45) is 1.42. The molecule has 2 aromatic rings. The van der Waals surface area contributed by atoms with E-state index < -0.39 is 5.91 Å². The van der Waals surface area contributed by atoms with E-state index in [-0.39, 0.29) is 18.9 Å². The molecular formula is C17H14N2O4. The number of fused-ring (bicyclic) bond motifs is 1. The number of carbonyl (C=O) groups excluding carboxylic acids is 1. The van der Waals surface area contributed by atoms with Gasteiger partial charge in [0, 0.05) is 12.6 Å². The van der Waals surface area contributed by atoms with Gasteiger partial charge in [0.05, 0.1) is 0 Å². The second-order valence-corrected chi connectivity index (χ2v) is 4.99. The third-order valence-corrected chi connectivity index (χ3v) is 3.30. The van der Waals surface area contributed by atoms with E-state index in [1.54, 1.807) is 31.2 Å². The maximum Gasteiger partial charge on any atom is 0.262 e. The van der Waals surface area contributed by atoms with Crippen molar-refractivity contribution >= 4 is 12.0 Å². The lowest BCUT2D eigenvalue weighted by Crippen LogP contribution is -2.23. The van der Waals surface area contributed by atoms with Crippen molar-refractivity contribution in [2.45, 2.75) is 13.5 Å². The van der Waals surface area contributed by atoms with Crippen LogP contribution in [0.5, 0.6) is 11.5 Å². The summed E-state index contributed by atoms with van der Waals surface area (Å²) in [5.74, 6) is 2.07. The van der Waals surface area contributed by atoms with Gasteiger partial charge >= 0.3 is 0 Å². The fourth-order valence-corrected chi connectivity index (χ4v) is 2.15. The molecule has 1 aromatic carbocycles. The fourth-order valence-electron chi connectivity index (χ4n) is 2.15. The summed E-state index contributed by atoms with van der Waals surface area (Å²) in [6.45, 7) is 2.28. The number of rotatable bonds is 4. The number of benzene rings is 1. The Morgan fingerprint density at radius 1 is 1.30 bits per heavy atom. The molecule has 23 heavy (non-hydrogen) atoms. The molecule has 0 saturated carbocycles. The highest BCUT2D eigenvalue weighted by Crippen LogP contribution is 2.32. The Morgan fingerprint density at radius 3 is 2.87 bits per heavy atom. The maximum absolute atomic E-state index is 12.1. The van der Waals surface area contributed by atoms with Crippen molar-refractivity contribution in [3.8, 4) is 17.6 Å². The number of furan rings is 1. The van der Waals surface area contributed by atoms with Crippen molar-refractivity contribution in [1.82, 2.24) is 5.32 Å². The normalized spacial score (nSPS) is 12.8. The van der Waals surface area contributed by atoms with Crippen LogP contribution in [0.4, 0.5) is 0 Å². The Labute approximate surface area is 132 Å². The van der Waals surface area contributed by atoms with Crippen LogP contribution in [-0.2, 0) is 11.3 Å². The van der Waals surface area contributed by atoms with Crippen LogP contribution < -0.4 is 14.8 Å². The Balaban J connectivity index is 1.66. The van der Waals surface area contributed by atoms with Gasteiger partial charge in [-0.3, -0.25) is 4.79 Å². The van der Waals surface area contributed by atoms with Crippen LogP contribution in [0.3, 0.4) is 0 Å². The standard InChI is InChI=1S/C17H14N2O4/c1-11-2-4-14(23-11)7-13(8-18)17(20)19-9-12-3-5-15-16(6-12)22-10-21-15/h2-7H,9-10H2,1H3,(H,19,20). The molecular weight excluding hydrogens is 296 g/mol. The first-order valence-electron chi connectivity index (χ1n) is 7.00. The van der Waals surface area contributed by atoms with E-state index >= 15 is 0 Å². The summed E-state index contributed by atoms with van der Waals surface area (Å²) in [6, 6.07) is 10.8. The van der Waals surface area contributed by atoms with Crippen molar-refractivity contribution in [3.63, 3.8) is 0 Å². The summed E-state index contributed by atoms with van der Waals surface area (Å²) in [5.41, 5.74) is 0.842. The van der Waals surface area contributed by atoms with E-state index in [1.165, 1.54) is 6.08 Å². The highest BCUT2D eigenvalue weighted by molar-refractivity contribution is 6.01. The van der Waals surface area contributed by atoms with Crippen LogP contribution in [0.1, 0.15) is 17.1 Å². The molecule has 0 atom stereocenters. The van der Waals surface area contributed by atoms with Gasteiger partial charge in [-0.05, 0) is 36.8 Å². The molecule has 0 spiro atoms. The van der Waals surface area contributed by atoms with Gasteiger partial charge in [-0.15, -0.1) is 0 Å². The third kappa shape index (κ3) is 3.35. The van der Waals surface area contributed by atoms with E-state index in [9.17, 15) is 4.79 Å². The number of aryl methyl sites for hydroxylation is 1. The van der Waals surface area contributed by atoms with Gasteiger partial charge in [0.15, 0.2) is 11.5 Å². The zero-order valence-electron chi connectivity index (χ0n) is 12.5. The SMILES string of the molecule is Cc1ccc(C=C(C#N)C(=O)NCc2ccc3c(c2)OCO3)o1. The molecule has 1 aliphatic heterocycles. The summed E-state index contributed by atoms with van der Waals surface area (Å²) in [5, 5.41) is 11.8. The van der Waals surface area contributed by atoms with Gasteiger partial charge in [-0.2, -0.15) is 5.26 Å². The smallest absolute Gasteiger partial charge is 0.262 e. The molecule has 0 fully saturated rings. The van der Waals surface area contributed by atoms with Gasteiger partial charge in [-0.25, -0.2) is 0 Å². The molecule has 0 radical (unpaired) electrons. The Hall–Kier alpha value is -3.20. The maximum atomic E-state index is 12.1. The summed E-state index contributed by atoms with van der Waals surface area (Å²) >= 11 is 0. The van der Waals surface area contributed by atoms with Crippen molar-refractivity contribution in [3.05, 3.63) is 53.0 Å². The lowest BCUT2D eigenvalue weighted by Gasteiger charge is -2.05. The van der Waals surface area contributed by atoms with E-state index in [0.717, 1.165) is 5.56 Å². The number of carbonyl (C=O) groups is 1. The number of nitrogens with zero attached hydrogens (tertiary/aromatic N) is 1. The molecule has 0 aliphatic carbocycles. The van der Waals surface area contributed by atoms with E-state index in [1.807, 2.05) is 12.1 Å². The third-order valence-electron chi connectivity index (χ3n) is 3.30. The predicted octanol–water partition coefficient (Wildman–Crippen LogP) is 2.54. The van der Waals surface area contributed by atoms with Crippen LogP contribution in [0.25, 0.3) is 6.08 Å². The zero-order chi connectivity index (χ0) is 16.2. The first kappa shape index (κ1) is 14.7. The van der Waals surface area contributed by atoms with Gasteiger partial charge < -0.3 is 19.2 Å². The molecule has 1 N–H and O–H groups in total. The zero-order valence-corrected chi connectivity index (χ0v) is 12.5. The van der Waals surface area contributed by atoms with Crippen molar-refractivity contribution in [2.75, 3.05) is 6.79 Å². The van der Waals surface area contributed by atoms with Gasteiger partial charge in [-0.1, -0.05) is 6.07 Å². The monoisotopic (exact) mass is 310 g/mol. The first-order valence-corrected chi connectivity index (χ1v) is 7.00. The second kappa shape index (κ2) is 6.28. The van der Waals surface area contributed by atoms with Crippen LogP contribution >= 0.6 is 0 Å². The molecule has 6 heteroatoms. The second-order valence-electron chi connectivity index (χ2n) is 4.99. The Kier molecular flexibility index (Phi) is 4.02.